The van der Waals surface area contributed by atoms with Gasteiger partial charge in [0.1, 0.15) is 0 Å². The van der Waals surface area contributed by atoms with E-state index in [0.29, 0.717) is 6.54 Å². The van der Waals surface area contributed by atoms with Gasteiger partial charge >= 0.3 is 0 Å². The maximum atomic E-state index is 9.90. The molecule has 1 atom stereocenters. The minimum Gasteiger partial charge on any atom is -0.389 e. The van der Waals surface area contributed by atoms with Crippen molar-refractivity contribution in [2.24, 2.45) is 11.3 Å². The number of hydrazine groups is 1. The Morgan fingerprint density at radius 3 is 1.92 bits per heavy atom. The van der Waals surface area contributed by atoms with Crippen molar-refractivity contribution in [2.45, 2.75) is 39.7 Å². The minimum absolute atomic E-state index is 0.138. The number of nitrogens with two attached hydrogens (primary N) is 1. The van der Waals surface area contributed by atoms with Crippen LogP contribution in [0.15, 0.2) is 0 Å². The SMILES string of the molecule is CN(N)CC(C)(O)CC(C)(C)C. The van der Waals surface area contributed by atoms with Crippen molar-refractivity contribution in [3.8, 4) is 0 Å². The molecular formula is C9H22N2O. The molecular weight excluding hydrogens is 152 g/mol. The molecule has 0 bridgehead atoms. The molecule has 74 valence electrons. The molecule has 0 aliphatic rings. The second kappa shape index (κ2) is 3.73. The fraction of sp³-hybridized carbons (Fsp3) is 1.00. The summed E-state index contributed by atoms with van der Waals surface area (Å²) in [5.41, 5.74) is -0.554. The van der Waals surface area contributed by atoms with E-state index in [1.54, 1.807) is 7.05 Å². The van der Waals surface area contributed by atoms with E-state index in [2.05, 4.69) is 20.8 Å². The summed E-state index contributed by atoms with van der Waals surface area (Å²) >= 11 is 0. The zero-order valence-corrected chi connectivity index (χ0v) is 8.89. The Bertz CT molecular complexity index is 136. The predicted molar refractivity (Wildman–Crippen MR) is 51.5 cm³/mol. The topological polar surface area (TPSA) is 49.5 Å². The van der Waals surface area contributed by atoms with Gasteiger partial charge in [-0.1, -0.05) is 20.8 Å². The first-order chi connectivity index (χ1) is 5.12. The highest BCUT2D eigenvalue weighted by Gasteiger charge is 2.27. The first-order valence-corrected chi connectivity index (χ1v) is 4.31. The normalized spacial score (nSPS) is 18.0. The molecule has 0 aromatic carbocycles. The summed E-state index contributed by atoms with van der Waals surface area (Å²) in [5.74, 6) is 5.47. The highest BCUT2D eigenvalue weighted by Crippen LogP contribution is 2.26. The molecule has 0 aromatic rings. The second-order valence-corrected chi connectivity index (χ2v) is 5.15. The van der Waals surface area contributed by atoms with Crippen LogP contribution in [-0.2, 0) is 0 Å². The lowest BCUT2D eigenvalue weighted by atomic mass is 9.83. The monoisotopic (exact) mass is 174 g/mol. The lowest BCUT2D eigenvalue weighted by Gasteiger charge is -2.32. The summed E-state index contributed by atoms with van der Waals surface area (Å²) in [7, 11) is 1.76. The molecule has 0 spiro atoms. The fourth-order valence-electron chi connectivity index (χ4n) is 1.74. The molecule has 12 heavy (non-hydrogen) atoms. The molecule has 0 amide bonds. The number of rotatable bonds is 3. The Morgan fingerprint density at radius 2 is 1.67 bits per heavy atom. The average molecular weight is 174 g/mol. The molecule has 3 N–H and O–H groups in total. The molecule has 0 fully saturated rings. The molecule has 1 unspecified atom stereocenters. The Morgan fingerprint density at radius 1 is 1.25 bits per heavy atom. The van der Waals surface area contributed by atoms with Gasteiger partial charge in [0, 0.05) is 13.6 Å². The van der Waals surface area contributed by atoms with Gasteiger partial charge in [-0.25, -0.2) is 5.01 Å². The molecule has 0 aliphatic heterocycles. The van der Waals surface area contributed by atoms with Crippen LogP contribution in [0.25, 0.3) is 0 Å². The summed E-state index contributed by atoms with van der Waals surface area (Å²) < 4.78 is 0. The zero-order chi connectivity index (χ0) is 9.99. The van der Waals surface area contributed by atoms with E-state index in [9.17, 15) is 5.11 Å². The van der Waals surface area contributed by atoms with Crippen LogP contribution in [0.3, 0.4) is 0 Å². The average Bonchev–Trinajstić information content (AvgIpc) is 1.48. The van der Waals surface area contributed by atoms with Gasteiger partial charge in [0.05, 0.1) is 5.60 Å². The molecule has 0 heterocycles. The number of aliphatic hydroxyl groups is 1. The summed E-state index contributed by atoms with van der Waals surface area (Å²) in [6.07, 6.45) is 0.752. The Balaban J connectivity index is 4.04. The highest BCUT2D eigenvalue weighted by atomic mass is 16.3. The standard InChI is InChI=1S/C9H22N2O/c1-8(2,3)6-9(4,12)7-11(5)10/h12H,6-7,10H2,1-5H3. The first kappa shape index (κ1) is 11.9. The van der Waals surface area contributed by atoms with Crippen molar-refractivity contribution in [3.05, 3.63) is 0 Å². The summed E-state index contributed by atoms with van der Waals surface area (Å²) in [5, 5.41) is 11.4. The van der Waals surface area contributed by atoms with Crippen LogP contribution in [0.1, 0.15) is 34.1 Å². The van der Waals surface area contributed by atoms with Gasteiger partial charge in [-0.05, 0) is 18.8 Å². The highest BCUT2D eigenvalue weighted by molar-refractivity contribution is 4.80. The van der Waals surface area contributed by atoms with Crippen LogP contribution >= 0.6 is 0 Å². The van der Waals surface area contributed by atoms with Crippen molar-refractivity contribution in [1.82, 2.24) is 5.01 Å². The fourth-order valence-corrected chi connectivity index (χ4v) is 1.74. The maximum Gasteiger partial charge on any atom is 0.0764 e. The number of hydrogen-bond donors (Lipinski definition) is 2. The molecule has 3 heteroatoms. The maximum absolute atomic E-state index is 9.90. The summed E-state index contributed by atoms with van der Waals surface area (Å²) in [6.45, 7) is 8.65. The minimum atomic E-state index is -0.693. The molecule has 0 radical (unpaired) electrons. The van der Waals surface area contributed by atoms with E-state index in [-0.39, 0.29) is 5.41 Å². The molecule has 0 aromatic heterocycles. The first-order valence-electron chi connectivity index (χ1n) is 4.31. The number of nitrogens with zero attached hydrogens (tertiary/aromatic N) is 1. The quantitative estimate of drug-likeness (QED) is 0.495. The van der Waals surface area contributed by atoms with Gasteiger partial charge in [-0.3, -0.25) is 5.84 Å². The lowest BCUT2D eigenvalue weighted by molar-refractivity contribution is -0.00664. The van der Waals surface area contributed by atoms with E-state index in [4.69, 9.17) is 5.84 Å². The van der Waals surface area contributed by atoms with Gasteiger partial charge in [0.15, 0.2) is 0 Å². The Labute approximate surface area is 75.5 Å². The van der Waals surface area contributed by atoms with Crippen LogP contribution in [-0.4, -0.2) is 29.3 Å². The van der Waals surface area contributed by atoms with Crippen LogP contribution in [0.2, 0.25) is 0 Å². The lowest BCUT2D eigenvalue weighted by Crippen LogP contribution is -2.44. The zero-order valence-electron chi connectivity index (χ0n) is 8.89. The van der Waals surface area contributed by atoms with E-state index in [1.165, 1.54) is 5.01 Å². The smallest absolute Gasteiger partial charge is 0.0764 e. The van der Waals surface area contributed by atoms with E-state index in [0.717, 1.165) is 6.42 Å². The molecule has 0 saturated heterocycles. The van der Waals surface area contributed by atoms with Crippen LogP contribution in [0, 0.1) is 5.41 Å². The van der Waals surface area contributed by atoms with Gasteiger partial charge in [-0.15, -0.1) is 0 Å². The second-order valence-electron chi connectivity index (χ2n) is 5.15. The van der Waals surface area contributed by atoms with Crippen molar-refractivity contribution in [2.75, 3.05) is 13.6 Å². The Kier molecular flexibility index (Phi) is 3.69. The van der Waals surface area contributed by atoms with Gasteiger partial charge < -0.3 is 5.11 Å². The van der Waals surface area contributed by atoms with Crippen LogP contribution in [0.5, 0.6) is 0 Å². The van der Waals surface area contributed by atoms with Crippen LogP contribution < -0.4 is 5.84 Å². The van der Waals surface area contributed by atoms with E-state index < -0.39 is 5.60 Å². The molecule has 0 saturated carbocycles. The molecule has 3 nitrogen and oxygen atoms in total. The van der Waals surface area contributed by atoms with Crippen molar-refractivity contribution < 1.29 is 5.11 Å². The Hall–Kier alpha value is -0.120. The summed E-state index contributed by atoms with van der Waals surface area (Å²) in [4.78, 5) is 0. The summed E-state index contributed by atoms with van der Waals surface area (Å²) in [6, 6.07) is 0. The number of hydrogen-bond acceptors (Lipinski definition) is 3. The number of likely N-dealkylation sites (N-methyl/N-ethyl adjacent to an activating group) is 1. The van der Waals surface area contributed by atoms with E-state index in [1.807, 2.05) is 6.92 Å². The third-order valence-corrected chi connectivity index (χ3v) is 1.50. The van der Waals surface area contributed by atoms with Gasteiger partial charge in [0.2, 0.25) is 0 Å². The van der Waals surface area contributed by atoms with Crippen LogP contribution in [0.4, 0.5) is 0 Å². The molecule has 0 aliphatic carbocycles. The van der Waals surface area contributed by atoms with Crippen molar-refractivity contribution >= 4 is 0 Å². The van der Waals surface area contributed by atoms with Crippen molar-refractivity contribution in [1.29, 1.82) is 0 Å². The third-order valence-electron chi connectivity index (χ3n) is 1.50. The molecule has 0 rings (SSSR count). The van der Waals surface area contributed by atoms with E-state index >= 15 is 0 Å². The predicted octanol–water partition coefficient (Wildman–Crippen LogP) is 0.979. The third kappa shape index (κ3) is 6.58. The van der Waals surface area contributed by atoms with Gasteiger partial charge in [-0.2, -0.15) is 0 Å². The van der Waals surface area contributed by atoms with Gasteiger partial charge in [0.25, 0.3) is 0 Å². The largest absolute Gasteiger partial charge is 0.389 e. The van der Waals surface area contributed by atoms with Crippen molar-refractivity contribution in [3.63, 3.8) is 0 Å².